The number of hydrogen-bond acceptors (Lipinski definition) is 2. The highest BCUT2D eigenvalue weighted by molar-refractivity contribution is 9.10. The van der Waals surface area contributed by atoms with Gasteiger partial charge in [0.15, 0.2) is 0 Å². The maximum atomic E-state index is 5.47. The predicted octanol–water partition coefficient (Wildman–Crippen LogP) is 4.66. The molecule has 0 radical (unpaired) electrons. The van der Waals surface area contributed by atoms with Crippen molar-refractivity contribution < 1.29 is 4.74 Å². The molecule has 2 aromatic rings. The molecule has 0 heterocycles. The Morgan fingerprint density at radius 3 is 2.62 bits per heavy atom. The topological polar surface area (TPSA) is 21.3 Å². The molecule has 0 saturated carbocycles. The normalized spacial score (nSPS) is 12.2. The minimum atomic E-state index is 0.280. The summed E-state index contributed by atoms with van der Waals surface area (Å²) in [6.07, 6.45) is 0.910. The zero-order valence-corrected chi connectivity index (χ0v) is 14.4. The van der Waals surface area contributed by atoms with Crippen molar-refractivity contribution in [1.29, 1.82) is 0 Å². The van der Waals surface area contributed by atoms with E-state index in [4.69, 9.17) is 4.74 Å². The van der Waals surface area contributed by atoms with Gasteiger partial charge in [0, 0.05) is 10.5 Å². The zero-order chi connectivity index (χ0) is 15.2. The van der Waals surface area contributed by atoms with Crippen LogP contribution in [-0.4, -0.2) is 13.7 Å². The van der Waals surface area contributed by atoms with E-state index < -0.39 is 0 Å². The third-order valence-electron chi connectivity index (χ3n) is 3.53. The van der Waals surface area contributed by atoms with Gasteiger partial charge in [0.2, 0.25) is 0 Å². The first-order valence-corrected chi connectivity index (χ1v) is 8.05. The second kappa shape index (κ2) is 7.62. The summed E-state index contributed by atoms with van der Waals surface area (Å²) < 4.78 is 6.60. The molecule has 1 unspecified atom stereocenters. The molecule has 2 rings (SSSR count). The van der Waals surface area contributed by atoms with Crippen molar-refractivity contribution in [2.45, 2.75) is 26.3 Å². The van der Waals surface area contributed by atoms with E-state index in [1.54, 1.807) is 7.11 Å². The summed E-state index contributed by atoms with van der Waals surface area (Å²) in [7, 11) is 1.73. The Bertz CT molecular complexity index is 577. The first-order chi connectivity index (χ1) is 10.1. The van der Waals surface area contributed by atoms with Crippen LogP contribution in [-0.2, 0) is 6.42 Å². The first-order valence-electron chi connectivity index (χ1n) is 7.26. The zero-order valence-electron chi connectivity index (χ0n) is 12.8. The van der Waals surface area contributed by atoms with Crippen molar-refractivity contribution in [3.63, 3.8) is 0 Å². The number of para-hydroxylation sites is 1. The lowest BCUT2D eigenvalue weighted by atomic mass is 9.97. The molecular weight excluding hydrogens is 326 g/mol. The van der Waals surface area contributed by atoms with Crippen molar-refractivity contribution in [2.75, 3.05) is 13.7 Å². The number of benzene rings is 2. The Morgan fingerprint density at radius 1 is 1.19 bits per heavy atom. The Balaban J connectivity index is 2.30. The highest BCUT2D eigenvalue weighted by Gasteiger charge is 2.14. The molecule has 0 spiro atoms. The van der Waals surface area contributed by atoms with Gasteiger partial charge < -0.3 is 10.1 Å². The molecule has 1 atom stereocenters. The molecule has 2 aromatic carbocycles. The van der Waals surface area contributed by atoms with E-state index in [9.17, 15) is 0 Å². The van der Waals surface area contributed by atoms with Crippen LogP contribution in [0.5, 0.6) is 5.75 Å². The van der Waals surface area contributed by atoms with Gasteiger partial charge in [-0.3, -0.25) is 0 Å². The van der Waals surface area contributed by atoms with Gasteiger partial charge >= 0.3 is 0 Å². The molecule has 0 aliphatic carbocycles. The average Bonchev–Trinajstić information content (AvgIpc) is 2.46. The van der Waals surface area contributed by atoms with Crippen LogP contribution in [0.2, 0.25) is 0 Å². The molecule has 112 valence electrons. The first kappa shape index (κ1) is 16.1. The lowest BCUT2D eigenvalue weighted by molar-refractivity contribution is 0.405. The van der Waals surface area contributed by atoms with E-state index in [0.717, 1.165) is 23.2 Å². The maximum Gasteiger partial charge on any atom is 0.122 e. The van der Waals surface area contributed by atoms with Gasteiger partial charge in [-0.25, -0.2) is 0 Å². The van der Waals surface area contributed by atoms with Gasteiger partial charge in [-0.15, -0.1) is 0 Å². The van der Waals surface area contributed by atoms with Crippen LogP contribution in [0.4, 0.5) is 0 Å². The molecule has 1 N–H and O–H groups in total. The lowest BCUT2D eigenvalue weighted by Gasteiger charge is -2.20. The average molecular weight is 348 g/mol. The molecule has 0 saturated heterocycles. The summed E-state index contributed by atoms with van der Waals surface area (Å²) in [6.45, 7) is 5.20. The minimum Gasteiger partial charge on any atom is -0.496 e. The quantitative estimate of drug-likeness (QED) is 0.820. The highest BCUT2D eigenvalue weighted by atomic mass is 79.9. The van der Waals surface area contributed by atoms with Crippen LogP contribution >= 0.6 is 15.9 Å². The van der Waals surface area contributed by atoms with Crippen molar-refractivity contribution in [1.82, 2.24) is 5.32 Å². The summed E-state index contributed by atoms with van der Waals surface area (Å²) in [5.41, 5.74) is 3.79. The third-order valence-corrected chi connectivity index (χ3v) is 3.99. The van der Waals surface area contributed by atoms with Crippen LogP contribution in [0.1, 0.15) is 29.7 Å². The van der Waals surface area contributed by atoms with Crippen molar-refractivity contribution >= 4 is 15.9 Å². The van der Waals surface area contributed by atoms with E-state index in [-0.39, 0.29) is 6.04 Å². The molecule has 0 aliphatic rings. The van der Waals surface area contributed by atoms with Crippen LogP contribution in [0.15, 0.2) is 46.9 Å². The fourth-order valence-corrected chi connectivity index (χ4v) is 3.24. The van der Waals surface area contributed by atoms with Gasteiger partial charge in [0.05, 0.1) is 7.11 Å². The van der Waals surface area contributed by atoms with Crippen LogP contribution < -0.4 is 10.1 Å². The van der Waals surface area contributed by atoms with E-state index in [1.807, 2.05) is 12.1 Å². The van der Waals surface area contributed by atoms with Crippen molar-refractivity contribution in [2.24, 2.45) is 0 Å². The predicted molar refractivity (Wildman–Crippen MR) is 92.0 cm³/mol. The van der Waals surface area contributed by atoms with Gasteiger partial charge in [-0.05, 0) is 54.8 Å². The van der Waals surface area contributed by atoms with Gasteiger partial charge in [-0.1, -0.05) is 47.1 Å². The van der Waals surface area contributed by atoms with E-state index in [1.165, 1.54) is 16.7 Å². The number of ether oxygens (including phenoxy) is 1. The largest absolute Gasteiger partial charge is 0.496 e. The molecule has 0 aliphatic heterocycles. The molecule has 21 heavy (non-hydrogen) atoms. The maximum absolute atomic E-state index is 5.47. The summed E-state index contributed by atoms with van der Waals surface area (Å²) in [6, 6.07) is 15.1. The fraction of sp³-hybridized carbons (Fsp3) is 0.333. The van der Waals surface area contributed by atoms with Crippen molar-refractivity contribution in [3.8, 4) is 5.75 Å². The lowest BCUT2D eigenvalue weighted by Crippen LogP contribution is -2.23. The van der Waals surface area contributed by atoms with Crippen LogP contribution in [0, 0.1) is 6.92 Å². The molecule has 0 fully saturated rings. The molecule has 0 bridgehead atoms. The standard InChI is InChI=1S/C18H22BrNO/c1-4-20-17(15-9-13(2)10-16(19)11-15)12-14-7-5-6-8-18(14)21-3/h5-11,17,20H,4,12H2,1-3H3. The number of methoxy groups -OCH3 is 1. The molecule has 0 amide bonds. The Hall–Kier alpha value is -1.32. The van der Waals surface area contributed by atoms with Crippen molar-refractivity contribution in [3.05, 3.63) is 63.6 Å². The second-order valence-electron chi connectivity index (χ2n) is 5.19. The molecule has 2 nitrogen and oxygen atoms in total. The number of hydrogen-bond donors (Lipinski definition) is 1. The molecule has 3 heteroatoms. The molecular formula is C18H22BrNO. The monoisotopic (exact) mass is 347 g/mol. The highest BCUT2D eigenvalue weighted by Crippen LogP contribution is 2.27. The Morgan fingerprint density at radius 2 is 1.95 bits per heavy atom. The van der Waals surface area contributed by atoms with E-state index in [0.29, 0.717) is 0 Å². The van der Waals surface area contributed by atoms with Gasteiger partial charge in [-0.2, -0.15) is 0 Å². The Kier molecular flexibility index (Phi) is 5.83. The third kappa shape index (κ3) is 4.32. The fourth-order valence-electron chi connectivity index (χ4n) is 2.61. The SMILES string of the molecule is CCNC(Cc1ccccc1OC)c1cc(C)cc(Br)c1. The number of rotatable bonds is 6. The molecule has 0 aromatic heterocycles. The minimum absolute atomic E-state index is 0.280. The Labute approximate surface area is 135 Å². The summed E-state index contributed by atoms with van der Waals surface area (Å²) in [4.78, 5) is 0. The van der Waals surface area contributed by atoms with Gasteiger partial charge in [0.1, 0.15) is 5.75 Å². The smallest absolute Gasteiger partial charge is 0.122 e. The van der Waals surface area contributed by atoms with Gasteiger partial charge in [0.25, 0.3) is 0 Å². The summed E-state index contributed by atoms with van der Waals surface area (Å²) in [5.74, 6) is 0.951. The van der Waals surface area contributed by atoms with Crippen LogP contribution in [0.3, 0.4) is 0 Å². The van der Waals surface area contributed by atoms with E-state index in [2.05, 4.69) is 65.4 Å². The second-order valence-corrected chi connectivity index (χ2v) is 6.10. The van der Waals surface area contributed by atoms with Crippen LogP contribution in [0.25, 0.3) is 0 Å². The summed E-state index contributed by atoms with van der Waals surface area (Å²) in [5, 5.41) is 3.58. The number of halogens is 1. The van der Waals surface area contributed by atoms with E-state index >= 15 is 0 Å². The number of likely N-dealkylation sites (N-methyl/N-ethyl adjacent to an activating group) is 1. The number of aryl methyl sites for hydroxylation is 1. The number of nitrogens with one attached hydrogen (secondary N) is 1. The summed E-state index contributed by atoms with van der Waals surface area (Å²) >= 11 is 3.59.